The van der Waals surface area contributed by atoms with Crippen molar-refractivity contribution >= 4 is 40.4 Å². The number of aromatic nitrogens is 4. The van der Waals surface area contributed by atoms with Crippen LogP contribution < -0.4 is 20.9 Å². The Morgan fingerprint density at radius 3 is 2.60 bits per heavy atom. The van der Waals surface area contributed by atoms with Crippen molar-refractivity contribution in [2.75, 3.05) is 41.8 Å². The van der Waals surface area contributed by atoms with Gasteiger partial charge in [-0.05, 0) is 55.5 Å². The zero-order valence-corrected chi connectivity index (χ0v) is 22.3. The third-order valence-electron chi connectivity index (χ3n) is 7.59. The predicted octanol–water partition coefficient (Wildman–Crippen LogP) is 4.77. The fraction of sp³-hybridized carbons (Fsp3) is 0.379. The van der Waals surface area contributed by atoms with E-state index >= 15 is 0 Å². The molecule has 11 heteroatoms. The maximum Gasteiger partial charge on any atom is 0.404 e. The third-order valence-corrected chi connectivity index (χ3v) is 7.59. The van der Waals surface area contributed by atoms with Crippen molar-refractivity contribution in [3.63, 3.8) is 0 Å². The van der Waals surface area contributed by atoms with Crippen LogP contribution in [-0.4, -0.2) is 63.1 Å². The summed E-state index contributed by atoms with van der Waals surface area (Å²) in [6.07, 6.45) is 4.22. The molecule has 0 radical (unpaired) electrons. The fourth-order valence-electron chi connectivity index (χ4n) is 5.57. The molecule has 1 aliphatic carbocycles. The Balaban J connectivity index is 1.29. The first-order chi connectivity index (χ1) is 19.6. The molecule has 0 spiro atoms. The van der Waals surface area contributed by atoms with Gasteiger partial charge in [-0.1, -0.05) is 30.3 Å². The van der Waals surface area contributed by atoms with E-state index in [0.717, 1.165) is 68.2 Å². The van der Waals surface area contributed by atoms with Crippen molar-refractivity contribution in [3.8, 4) is 0 Å². The first-order valence-electron chi connectivity index (χ1n) is 13.8. The van der Waals surface area contributed by atoms with E-state index in [2.05, 4.69) is 49.7 Å². The number of anilines is 4. The van der Waals surface area contributed by atoms with E-state index in [4.69, 9.17) is 19.7 Å². The van der Waals surface area contributed by atoms with E-state index in [0.29, 0.717) is 30.2 Å². The van der Waals surface area contributed by atoms with Crippen molar-refractivity contribution in [3.05, 3.63) is 66.5 Å². The van der Waals surface area contributed by atoms with Crippen LogP contribution in [0.25, 0.3) is 11.2 Å². The lowest BCUT2D eigenvalue weighted by molar-refractivity contribution is 0.122. The smallest absolute Gasteiger partial charge is 0.404 e. The molecule has 1 saturated carbocycles. The highest BCUT2D eigenvalue weighted by Crippen LogP contribution is 2.33. The number of amides is 1. The van der Waals surface area contributed by atoms with Crippen LogP contribution in [0, 0.1) is 0 Å². The second-order valence-corrected chi connectivity index (χ2v) is 10.3. The number of nitrogens with zero attached hydrogens (tertiary/aromatic N) is 5. The Hall–Kier alpha value is -4.38. The van der Waals surface area contributed by atoms with E-state index in [1.807, 2.05) is 36.7 Å². The van der Waals surface area contributed by atoms with Crippen LogP contribution in [0.5, 0.6) is 0 Å². The van der Waals surface area contributed by atoms with Crippen LogP contribution in [0.3, 0.4) is 0 Å². The summed E-state index contributed by atoms with van der Waals surface area (Å²) in [5, 5.41) is 18.7. The average molecular weight is 543 g/mol. The second kappa shape index (κ2) is 11.8. The van der Waals surface area contributed by atoms with Gasteiger partial charge >= 0.3 is 6.09 Å². The Bertz CT molecular complexity index is 1440. The molecule has 1 amide bonds. The van der Waals surface area contributed by atoms with E-state index < -0.39 is 6.09 Å². The SMILES string of the molecule is O=C(O)NC1CCCC(n2cnc3c(NCc4ccccc4)nc(Nc4ccc(N5CCOCC5)cc4)nc32)C1. The molecule has 3 heterocycles. The molecule has 208 valence electrons. The van der Waals surface area contributed by atoms with Gasteiger partial charge in [0.05, 0.1) is 19.5 Å². The van der Waals surface area contributed by atoms with E-state index in [1.54, 1.807) is 0 Å². The van der Waals surface area contributed by atoms with Crippen LogP contribution >= 0.6 is 0 Å². The van der Waals surface area contributed by atoms with E-state index in [-0.39, 0.29) is 12.1 Å². The van der Waals surface area contributed by atoms with Crippen molar-refractivity contribution in [1.29, 1.82) is 0 Å². The van der Waals surface area contributed by atoms with E-state index in [1.165, 1.54) is 0 Å². The number of rotatable bonds is 8. The molecule has 40 heavy (non-hydrogen) atoms. The molecule has 4 aromatic rings. The molecule has 2 aliphatic rings. The van der Waals surface area contributed by atoms with Gasteiger partial charge in [-0.15, -0.1) is 0 Å². The highest BCUT2D eigenvalue weighted by Gasteiger charge is 2.27. The number of benzene rings is 2. The number of carbonyl (C=O) groups is 1. The molecule has 2 fully saturated rings. The summed E-state index contributed by atoms with van der Waals surface area (Å²) in [4.78, 5) is 28.0. The minimum atomic E-state index is -0.984. The van der Waals surface area contributed by atoms with Crippen LogP contribution in [0.15, 0.2) is 60.9 Å². The lowest BCUT2D eigenvalue weighted by Crippen LogP contribution is -2.38. The lowest BCUT2D eigenvalue weighted by Gasteiger charge is -2.30. The standard InChI is InChI=1S/C29H34N8O3/c38-29(39)33-22-7-4-8-24(17-22)37-19-31-25-26(30-18-20-5-2-1-3-6-20)34-28(35-27(25)37)32-21-9-11-23(12-10-21)36-13-15-40-16-14-36/h1-3,5-6,9-12,19,22,24,33H,4,7-8,13-18H2,(H,38,39)(H2,30,32,34,35). The number of nitrogens with one attached hydrogen (secondary N) is 3. The quantitative estimate of drug-likeness (QED) is 0.249. The molecule has 0 bridgehead atoms. The topological polar surface area (TPSA) is 129 Å². The van der Waals surface area contributed by atoms with Gasteiger partial charge in [0, 0.05) is 43.1 Å². The Labute approximate surface area is 232 Å². The summed E-state index contributed by atoms with van der Waals surface area (Å²) in [6.45, 7) is 3.86. The number of fused-ring (bicyclic) bond motifs is 1. The average Bonchev–Trinajstić information content (AvgIpc) is 3.41. The monoisotopic (exact) mass is 542 g/mol. The first-order valence-corrected chi connectivity index (χ1v) is 13.8. The van der Waals surface area contributed by atoms with Gasteiger partial charge in [-0.2, -0.15) is 9.97 Å². The largest absolute Gasteiger partial charge is 0.465 e. The Morgan fingerprint density at radius 2 is 1.82 bits per heavy atom. The molecule has 2 unspecified atom stereocenters. The molecule has 11 nitrogen and oxygen atoms in total. The van der Waals surface area contributed by atoms with Gasteiger partial charge in [0.2, 0.25) is 5.95 Å². The maximum absolute atomic E-state index is 11.3. The molecule has 2 aromatic heterocycles. The third kappa shape index (κ3) is 5.94. The fourth-order valence-corrected chi connectivity index (χ4v) is 5.57. The van der Waals surface area contributed by atoms with Gasteiger partial charge in [-0.3, -0.25) is 0 Å². The van der Waals surface area contributed by atoms with Crippen LogP contribution in [-0.2, 0) is 11.3 Å². The summed E-state index contributed by atoms with van der Waals surface area (Å²) in [6, 6.07) is 18.4. The molecule has 4 N–H and O–H groups in total. The Kier molecular flexibility index (Phi) is 7.62. The minimum absolute atomic E-state index is 0.0891. The highest BCUT2D eigenvalue weighted by molar-refractivity contribution is 5.85. The molecule has 2 atom stereocenters. The van der Waals surface area contributed by atoms with Crippen LogP contribution in [0.4, 0.5) is 27.9 Å². The zero-order valence-electron chi connectivity index (χ0n) is 22.3. The van der Waals surface area contributed by atoms with Crippen molar-refractivity contribution < 1.29 is 14.6 Å². The van der Waals surface area contributed by atoms with Gasteiger partial charge in [0.25, 0.3) is 0 Å². The molecular formula is C29H34N8O3. The normalized spacial score (nSPS) is 19.4. The van der Waals surface area contributed by atoms with Crippen LogP contribution in [0.2, 0.25) is 0 Å². The van der Waals surface area contributed by atoms with Crippen molar-refractivity contribution in [2.24, 2.45) is 0 Å². The number of carboxylic acid groups (broad SMARTS) is 1. The van der Waals surface area contributed by atoms with Gasteiger partial charge in [0.15, 0.2) is 17.0 Å². The minimum Gasteiger partial charge on any atom is -0.465 e. The molecule has 6 rings (SSSR count). The maximum atomic E-state index is 11.3. The molecular weight excluding hydrogens is 508 g/mol. The van der Waals surface area contributed by atoms with Gasteiger partial charge < -0.3 is 35.3 Å². The van der Waals surface area contributed by atoms with Crippen LogP contribution in [0.1, 0.15) is 37.3 Å². The summed E-state index contributed by atoms with van der Waals surface area (Å²) in [5.41, 5.74) is 4.60. The van der Waals surface area contributed by atoms with Crippen molar-refractivity contribution in [2.45, 2.75) is 44.3 Å². The van der Waals surface area contributed by atoms with Crippen molar-refractivity contribution in [1.82, 2.24) is 24.8 Å². The predicted molar refractivity (Wildman–Crippen MR) is 154 cm³/mol. The van der Waals surface area contributed by atoms with Gasteiger partial charge in [-0.25, -0.2) is 9.78 Å². The second-order valence-electron chi connectivity index (χ2n) is 10.3. The Morgan fingerprint density at radius 1 is 1.02 bits per heavy atom. The highest BCUT2D eigenvalue weighted by atomic mass is 16.5. The molecule has 1 aliphatic heterocycles. The summed E-state index contributed by atoms with van der Waals surface area (Å²) in [5.74, 6) is 1.12. The summed E-state index contributed by atoms with van der Waals surface area (Å²) < 4.78 is 7.55. The molecule has 2 aromatic carbocycles. The lowest BCUT2D eigenvalue weighted by atomic mass is 9.91. The number of hydrogen-bond acceptors (Lipinski definition) is 8. The number of hydrogen-bond donors (Lipinski definition) is 4. The first kappa shape index (κ1) is 25.9. The van der Waals surface area contributed by atoms with Gasteiger partial charge in [0.1, 0.15) is 0 Å². The van der Waals surface area contributed by atoms with E-state index in [9.17, 15) is 9.90 Å². The number of imidazole rings is 1. The number of morpholine rings is 1. The number of ether oxygens (including phenoxy) is 1. The summed E-state index contributed by atoms with van der Waals surface area (Å²) in [7, 11) is 0. The molecule has 1 saturated heterocycles. The zero-order chi connectivity index (χ0) is 27.3. The summed E-state index contributed by atoms with van der Waals surface area (Å²) >= 11 is 0.